The lowest BCUT2D eigenvalue weighted by Crippen LogP contribution is -2.49. The first-order chi connectivity index (χ1) is 17.7. The molecule has 14 heteroatoms. The Kier molecular flexibility index (Phi) is 7.92. The van der Waals surface area contributed by atoms with Crippen molar-refractivity contribution in [1.82, 2.24) is 34.4 Å². The molecule has 0 saturated carbocycles. The van der Waals surface area contributed by atoms with Gasteiger partial charge >= 0.3 is 0 Å². The average molecular weight is 534 g/mol. The van der Waals surface area contributed by atoms with E-state index in [0.717, 1.165) is 0 Å². The van der Waals surface area contributed by atoms with Gasteiger partial charge in [-0.25, -0.2) is 18.9 Å². The molecule has 0 aliphatic carbocycles. The highest BCUT2D eigenvalue weighted by Gasteiger charge is 2.30. The molecule has 1 saturated heterocycles. The summed E-state index contributed by atoms with van der Waals surface area (Å²) in [5.74, 6) is 0.115. The molecule has 0 radical (unpaired) electrons. The molecule has 0 atom stereocenters. The molecule has 3 heterocycles. The summed E-state index contributed by atoms with van der Waals surface area (Å²) in [5, 5.41) is 13.0. The Balaban J connectivity index is 1.66. The number of aromatic nitrogens is 4. The van der Waals surface area contributed by atoms with Crippen molar-refractivity contribution in [3.05, 3.63) is 34.2 Å². The lowest BCUT2D eigenvalue weighted by Gasteiger charge is -2.33. The third-order valence-corrected chi connectivity index (χ3v) is 8.25. The van der Waals surface area contributed by atoms with Gasteiger partial charge in [0, 0.05) is 46.2 Å². The van der Waals surface area contributed by atoms with Gasteiger partial charge in [0.25, 0.3) is 5.56 Å². The number of H-pyrrole nitrogens is 1. The van der Waals surface area contributed by atoms with Crippen LogP contribution in [0.25, 0.3) is 22.4 Å². The molecular formula is C23H31N7O6S. The molecule has 1 fully saturated rings. The van der Waals surface area contributed by atoms with E-state index in [-0.39, 0.29) is 35.8 Å². The van der Waals surface area contributed by atoms with Crippen LogP contribution in [0.4, 0.5) is 0 Å². The Hall–Kier alpha value is -3.33. The van der Waals surface area contributed by atoms with E-state index in [1.54, 1.807) is 18.6 Å². The first kappa shape index (κ1) is 26.7. The summed E-state index contributed by atoms with van der Waals surface area (Å²) in [7, 11) is -2.17. The van der Waals surface area contributed by atoms with Gasteiger partial charge in [0.2, 0.25) is 15.9 Å². The van der Waals surface area contributed by atoms with Crippen LogP contribution < -0.4 is 15.8 Å². The maximum atomic E-state index is 13.5. The number of aromatic amines is 1. The van der Waals surface area contributed by atoms with Gasteiger partial charge in [-0.3, -0.25) is 19.5 Å². The van der Waals surface area contributed by atoms with Crippen LogP contribution in [-0.2, 0) is 28.3 Å². The number of carbonyl (C=O) groups excluding carboxylic acids is 1. The smallest absolute Gasteiger partial charge is 0.277 e. The number of hydrogen-bond acceptors (Lipinski definition) is 9. The van der Waals surface area contributed by atoms with Crippen LogP contribution in [0.5, 0.6) is 5.75 Å². The topological polar surface area (TPSA) is 163 Å². The Bertz CT molecular complexity index is 1460. The summed E-state index contributed by atoms with van der Waals surface area (Å²) in [6, 6.07) is 4.54. The zero-order valence-electron chi connectivity index (χ0n) is 21.0. The molecule has 1 amide bonds. The number of sulfonamides is 1. The number of fused-ring (bicyclic) bond motifs is 1. The van der Waals surface area contributed by atoms with Crippen molar-refractivity contribution in [2.24, 2.45) is 7.05 Å². The highest BCUT2D eigenvalue weighted by Crippen LogP contribution is 2.32. The molecule has 0 unspecified atom stereocenters. The fourth-order valence-corrected chi connectivity index (χ4v) is 5.86. The van der Waals surface area contributed by atoms with E-state index in [1.165, 1.54) is 21.1 Å². The van der Waals surface area contributed by atoms with Crippen molar-refractivity contribution in [2.45, 2.75) is 31.6 Å². The van der Waals surface area contributed by atoms with E-state index < -0.39 is 15.9 Å². The molecule has 1 aromatic carbocycles. The van der Waals surface area contributed by atoms with Gasteiger partial charge in [-0.2, -0.15) is 9.40 Å². The number of nitrogens with one attached hydrogen (secondary N) is 2. The van der Waals surface area contributed by atoms with Crippen LogP contribution in [0.15, 0.2) is 27.9 Å². The molecule has 37 heavy (non-hydrogen) atoms. The van der Waals surface area contributed by atoms with Gasteiger partial charge in [0.15, 0.2) is 5.52 Å². The Morgan fingerprint density at radius 2 is 1.95 bits per heavy atom. The number of ether oxygens (including phenoxy) is 1. The number of piperazine rings is 1. The molecular weight excluding hydrogens is 502 g/mol. The number of nitrogens with zero attached hydrogens (tertiary/aromatic N) is 5. The van der Waals surface area contributed by atoms with Crippen molar-refractivity contribution in [3.63, 3.8) is 0 Å². The van der Waals surface area contributed by atoms with Gasteiger partial charge < -0.3 is 14.6 Å². The minimum atomic E-state index is -3.85. The first-order valence-corrected chi connectivity index (χ1v) is 13.5. The fourth-order valence-electron chi connectivity index (χ4n) is 4.41. The van der Waals surface area contributed by atoms with E-state index in [1.807, 2.05) is 18.7 Å². The van der Waals surface area contributed by atoms with Gasteiger partial charge in [0.05, 0.1) is 22.8 Å². The maximum absolute atomic E-state index is 13.5. The quantitative estimate of drug-likeness (QED) is 0.262. The molecule has 0 bridgehead atoms. The first-order valence-electron chi connectivity index (χ1n) is 12.1. The van der Waals surface area contributed by atoms with Crippen molar-refractivity contribution in [3.8, 4) is 17.1 Å². The third kappa shape index (κ3) is 5.37. The summed E-state index contributed by atoms with van der Waals surface area (Å²) >= 11 is 0. The summed E-state index contributed by atoms with van der Waals surface area (Å²) < 4.78 is 35.6. The fraction of sp³-hybridized carbons (Fsp3) is 0.478. The summed E-state index contributed by atoms with van der Waals surface area (Å²) in [5.41, 5.74) is 3.06. The molecule has 0 spiro atoms. The van der Waals surface area contributed by atoms with Gasteiger partial charge in [-0.1, -0.05) is 6.92 Å². The van der Waals surface area contributed by atoms with E-state index in [9.17, 15) is 18.0 Å². The van der Waals surface area contributed by atoms with Gasteiger partial charge in [-0.15, -0.1) is 0 Å². The summed E-state index contributed by atoms with van der Waals surface area (Å²) in [4.78, 5) is 33.6. The predicted molar refractivity (Wildman–Crippen MR) is 135 cm³/mol. The number of aryl methyl sites for hydroxylation is 2. The van der Waals surface area contributed by atoms with Crippen molar-refractivity contribution < 1.29 is 23.2 Å². The third-order valence-electron chi connectivity index (χ3n) is 6.35. The Labute approximate surface area is 214 Å². The Morgan fingerprint density at radius 1 is 1.22 bits per heavy atom. The summed E-state index contributed by atoms with van der Waals surface area (Å²) in [6.45, 7) is 5.91. The van der Waals surface area contributed by atoms with Crippen LogP contribution in [0.1, 0.15) is 26.0 Å². The standard InChI is InChI=1S/C23H31N7O6S/c1-4-17-20-21(28(3)26-17)23(32)25-22(24-20)16-14-15(6-7-18(16)36-5-2)37(34,35)30-12-10-29(11-13-30)9-8-19(31)27-33/h6-7,14,33H,4-5,8-13H2,1-3H3,(H,27,31)(H,24,25,32). The monoisotopic (exact) mass is 533 g/mol. The lowest BCUT2D eigenvalue weighted by atomic mass is 10.1. The molecule has 1 aliphatic heterocycles. The number of rotatable bonds is 9. The molecule has 1 aliphatic rings. The average Bonchev–Trinajstić information content (AvgIpc) is 3.23. The van der Waals surface area contributed by atoms with E-state index >= 15 is 0 Å². The minimum absolute atomic E-state index is 0.0590. The number of carbonyl (C=O) groups is 1. The molecule has 2 aromatic heterocycles. The second kappa shape index (κ2) is 11.0. The van der Waals surface area contributed by atoms with Gasteiger partial charge in [-0.05, 0) is 31.5 Å². The highest BCUT2D eigenvalue weighted by molar-refractivity contribution is 7.89. The van der Waals surface area contributed by atoms with E-state index in [0.29, 0.717) is 60.7 Å². The van der Waals surface area contributed by atoms with Crippen LogP contribution >= 0.6 is 0 Å². The zero-order chi connectivity index (χ0) is 26.7. The molecule has 4 rings (SSSR count). The second-order valence-corrected chi connectivity index (χ2v) is 10.6. The number of amides is 1. The van der Waals surface area contributed by atoms with Crippen molar-refractivity contribution in [2.75, 3.05) is 39.3 Å². The molecule has 3 N–H and O–H groups in total. The largest absolute Gasteiger partial charge is 0.493 e. The van der Waals surface area contributed by atoms with E-state index in [2.05, 4.69) is 15.1 Å². The van der Waals surface area contributed by atoms with Crippen LogP contribution in [0.2, 0.25) is 0 Å². The van der Waals surface area contributed by atoms with E-state index in [4.69, 9.17) is 9.94 Å². The lowest BCUT2D eigenvalue weighted by molar-refractivity contribution is -0.129. The van der Waals surface area contributed by atoms with Crippen molar-refractivity contribution >= 4 is 27.0 Å². The number of hydrogen-bond donors (Lipinski definition) is 3. The van der Waals surface area contributed by atoms with Gasteiger partial charge in [0.1, 0.15) is 17.1 Å². The van der Waals surface area contributed by atoms with Crippen LogP contribution in [0.3, 0.4) is 0 Å². The van der Waals surface area contributed by atoms with Crippen molar-refractivity contribution in [1.29, 1.82) is 0 Å². The molecule has 200 valence electrons. The highest BCUT2D eigenvalue weighted by atomic mass is 32.2. The zero-order valence-corrected chi connectivity index (χ0v) is 21.8. The predicted octanol–water partition coefficient (Wildman–Crippen LogP) is 0.487. The summed E-state index contributed by atoms with van der Waals surface area (Å²) in [6.07, 6.45) is 0.703. The maximum Gasteiger partial charge on any atom is 0.277 e. The van der Waals surface area contributed by atoms with Crippen LogP contribution in [-0.4, -0.2) is 87.8 Å². The normalized spacial score (nSPS) is 15.2. The number of hydroxylamine groups is 1. The minimum Gasteiger partial charge on any atom is -0.493 e. The second-order valence-electron chi connectivity index (χ2n) is 8.66. The van der Waals surface area contributed by atoms with Crippen LogP contribution in [0, 0.1) is 0 Å². The molecule has 3 aromatic rings. The Morgan fingerprint density at radius 3 is 2.59 bits per heavy atom. The molecule has 13 nitrogen and oxygen atoms in total. The number of benzene rings is 1. The SMILES string of the molecule is CCOc1ccc(S(=O)(=O)N2CCN(CCC(=O)NO)CC2)cc1-c1nc2c(CC)nn(C)c2c(=O)[nH]1.